The quantitative estimate of drug-likeness (QED) is 0.515. The summed E-state index contributed by atoms with van der Waals surface area (Å²) in [6.45, 7) is 2.07. The number of aryl methyl sites for hydroxylation is 1. The zero-order chi connectivity index (χ0) is 13.9. The van der Waals surface area contributed by atoms with Gasteiger partial charge in [0.05, 0.1) is 24.7 Å². The van der Waals surface area contributed by atoms with Crippen LogP contribution in [0.3, 0.4) is 0 Å². The third kappa shape index (κ3) is 2.43. The average Bonchev–Trinajstić information content (AvgIpc) is 2.89. The second-order valence-corrected chi connectivity index (χ2v) is 4.73. The number of ether oxygens (including phenoxy) is 1. The molecule has 0 fully saturated rings. The molecule has 0 aliphatic rings. The largest absolute Gasteiger partial charge is 0.497 e. The predicted octanol–water partition coefficient (Wildman–Crippen LogP) is 4.17. The van der Waals surface area contributed by atoms with E-state index in [1.807, 2.05) is 47.4 Å². The van der Waals surface area contributed by atoms with Gasteiger partial charge in [0.25, 0.3) is 0 Å². The van der Waals surface area contributed by atoms with Gasteiger partial charge in [-0.3, -0.25) is 0 Å². The van der Waals surface area contributed by atoms with Crippen LogP contribution in [0.5, 0.6) is 5.75 Å². The highest BCUT2D eigenvalue weighted by atomic mass is 16.5. The van der Waals surface area contributed by atoms with Gasteiger partial charge in [0, 0.05) is 11.6 Å². The first-order valence-electron chi connectivity index (χ1n) is 6.52. The summed E-state index contributed by atoms with van der Waals surface area (Å²) < 4.78 is 7.24. The molecule has 0 saturated heterocycles. The van der Waals surface area contributed by atoms with E-state index in [1.54, 1.807) is 7.11 Å². The number of nitrogens with zero attached hydrogens (tertiary/aromatic N) is 2. The van der Waals surface area contributed by atoms with Crippen LogP contribution in [0, 0.1) is 6.92 Å². The van der Waals surface area contributed by atoms with E-state index in [0.29, 0.717) is 0 Å². The van der Waals surface area contributed by atoms with Crippen molar-refractivity contribution >= 4 is 22.9 Å². The number of benzene rings is 2. The van der Waals surface area contributed by atoms with Gasteiger partial charge in [0.15, 0.2) is 0 Å². The molecule has 0 amide bonds. The average molecular weight is 264 g/mol. The molecule has 0 aliphatic carbocycles. The van der Waals surface area contributed by atoms with Crippen molar-refractivity contribution in [2.24, 2.45) is 4.99 Å². The van der Waals surface area contributed by atoms with Crippen molar-refractivity contribution in [2.75, 3.05) is 7.11 Å². The monoisotopic (exact) mass is 264 g/mol. The van der Waals surface area contributed by atoms with E-state index in [9.17, 15) is 0 Å². The maximum absolute atomic E-state index is 5.23. The van der Waals surface area contributed by atoms with Crippen LogP contribution in [0.2, 0.25) is 0 Å². The second kappa shape index (κ2) is 5.21. The molecule has 20 heavy (non-hydrogen) atoms. The van der Waals surface area contributed by atoms with Crippen molar-refractivity contribution in [3.63, 3.8) is 0 Å². The van der Waals surface area contributed by atoms with E-state index in [4.69, 9.17) is 4.74 Å². The van der Waals surface area contributed by atoms with E-state index in [0.717, 1.165) is 22.3 Å². The number of methoxy groups -OCH3 is 1. The fourth-order valence-electron chi connectivity index (χ4n) is 2.13. The minimum Gasteiger partial charge on any atom is -0.497 e. The molecular formula is C17H16N2O. The van der Waals surface area contributed by atoms with Crippen LogP contribution in [0.25, 0.3) is 10.9 Å². The van der Waals surface area contributed by atoms with Gasteiger partial charge in [-0.1, -0.05) is 17.7 Å². The Morgan fingerprint density at radius 1 is 1.05 bits per heavy atom. The second-order valence-electron chi connectivity index (χ2n) is 4.73. The first-order valence-corrected chi connectivity index (χ1v) is 6.52. The zero-order valence-corrected chi connectivity index (χ0v) is 11.6. The van der Waals surface area contributed by atoms with E-state index in [2.05, 4.69) is 30.1 Å². The molecular weight excluding hydrogens is 248 g/mol. The molecule has 3 aromatic rings. The smallest absolute Gasteiger partial charge is 0.119 e. The highest BCUT2D eigenvalue weighted by Crippen LogP contribution is 2.21. The topological polar surface area (TPSA) is 26.5 Å². The van der Waals surface area contributed by atoms with Gasteiger partial charge < -0.3 is 9.30 Å². The van der Waals surface area contributed by atoms with Crippen molar-refractivity contribution in [2.45, 2.75) is 6.92 Å². The van der Waals surface area contributed by atoms with E-state index >= 15 is 0 Å². The molecule has 0 atom stereocenters. The minimum absolute atomic E-state index is 0.866. The van der Waals surface area contributed by atoms with Crippen LogP contribution in [0.4, 0.5) is 5.69 Å². The van der Waals surface area contributed by atoms with E-state index in [-0.39, 0.29) is 0 Å². The Bertz CT molecular complexity index is 754. The van der Waals surface area contributed by atoms with Crippen LogP contribution in [0.15, 0.2) is 59.7 Å². The predicted molar refractivity (Wildman–Crippen MR) is 83.2 cm³/mol. The highest BCUT2D eigenvalue weighted by Gasteiger charge is 2.00. The molecule has 0 unspecified atom stereocenters. The summed E-state index contributed by atoms with van der Waals surface area (Å²) in [5, 5.41) is 1.14. The molecule has 0 saturated carbocycles. The van der Waals surface area contributed by atoms with Crippen molar-refractivity contribution in [3.05, 3.63) is 60.3 Å². The summed E-state index contributed by atoms with van der Waals surface area (Å²) in [5.74, 6) is 0.866. The number of hydrogen-bond donors (Lipinski definition) is 0. The Labute approximate surface area is 118 Å². The Hall–Kier alpha value is -2.55. The number of aromatic nitrogens is 1. The van der Waals surface area contributed by atoms with Crippen LogP contribution < -0.4 is 4.74 Å². The molecule has 0 N–H and O–H groups in total. The Morgan fingerprint density at radius 2 is 1.85 bits per heavy atom. The molecule has 0 aliphatic heterocycles. The summed E-state index contributed by atoms with van der Waals surface area (Å²) in [6, 6.07) is 16.2. The van der Waals surface area contributed by atoms with Crippen molar-refractivity contribution < 1.29 is 4.74 Å². The Morgan fingerprint density at radius 3 is 2.60 bits per heavy atom. The molecule has 100 valence electrons. The zero-order valence-electron chi connectivity index (χ0n) is 11.6. The molecule has 3 heteroatoms. The molecule has 0 spiro atoms. The fraction of sp³-hybridized carbons (Fsp3) is 0.118. The number of hydrogen-bond acceptors (Lipinski definition) is 2. The third-order valence-electron chi connectivity index (χ3n) is 3.29. The van der Waals surface area contributed by atoms with E-state index in [1.165, 1.54) is 5.56 Å². The van der Waals surface area contributed by atoms with Crippen LogP contribution >= 0.6 is 0 Å². The van der Waals surface area contributed by atoms with Gasteiger partial charge in [-0.05, 0) is 43.3 Å². The molecule has 2 aromatic carbocycles. The SMILES string of the molecule is COc1ccc2c(ccn2C=Nc2ccc(C)cc2)c1. The van der Waals surface area contributed by atoms with Crippen LogP contribution in [-0.2, 0) is 0 Å². The molecule has 0 radical (unpaired) electrons. The van der Waals surface area contributed by atoms with Crippen LogP contribution in [0.1, 0.15) is 5.56 Å². The molecule has 0 bridgehead atoms. The van der Waals surface area contributed by atoms with Crippen LogP contribution in [-0.4, -0.2) is 18.0 Å². The summed E-state index contributed by atoms with van der Waals surface area (Å²) >= 11 is 0. The van der Waals surface area contributed by atoms with Gasteiger partial charge in [-0.2, -0.15) is 0 Å². The normalized spacial score (nSPS) is 11.3. The third-order valence-corrected chi connectivity index (χ3v) is 3.29. The van der Waals surface area contributed by atoms with Gasteiger partial charge >= 0.3 is 0 Å². The lowest BCUT2D eigenvalue weighted by atomic mass is 10.2. The lowest BCUT2D eigenvalue weighted by Gasteiger charge is -2.01. The summed E-state index contributed by atoms with van der Waals surface area (Å²) in [6.07, 6.45) is 3.83. The lowest BCUT2D eigenvalue weighted by Crippen LogP contribution is -1.92. The molecule has 1 heterocycles. The van der Waals surface area contributed by atoms with E-state index < -0.39 is 0 Å². The first-order chi connectivity index (χ1) is 9.76. The molecule has 3 nitrogen and oxygen atoms in total. The van der Waals surface area contributed by atoms with Gasteiger partial charge in [-0.15, -0.1) is 0 Å². The highest BCUT2D eigenvalue weighted by molar-refractivity contribution is 5.87. The summed E-state index contributed by atoms with van der Waals surface area (Å²) in [4.78, 5) is 4.49. The van der Waals surface area contributed by atoms with Crippen molar-refractivity contribution in [1.29, 1.82) is 0 Å². The minimum atomic E-state index is 0.866. The maximum atomic E-state index is 5.23. The number of fused-ring (bicyclic) bond motifs is 1. The number of aliphatic imine (C=N–C) groups is 1. The maximum Gasteiger partial charge on any atom is 0.119 e. The fourth-order valence-corrected chi connectivity index (χ4v) is 2.13. The lowest BCUT2D eigenvalue weighted by molar-refractivity contribution is 0.415. The standard InChI is InChI=1S/C17H16N2O/c1-13-3-5-15(6-4-13)18-12-19-10-9-14-11-16(20-2)7-8-17(14)19/h3-12H,1-2H3. The molecule has 1 aromatic heterocycles. The van der Waals surface area contributed by atoms with Crippen molar-refractivity contribution in [1.82, 2.24) is 4.57 Å². The number of rotatable bonds is 3. The first kappa shape index (κ1) is 12.5. The molecule has 3 rings (SSSR count). The van der Waals surface area contributed by atoms with Gasteiger partial charge in [0.1, 0.15) is 5.75 Å². The summed E-state index contributed by atoms with van der Waals surface area (Å²) in [7, 11) is 1.68. The Balaban J connectivity index is 1.92. The summed E-state index contributed by atoms with van der Waals surface area (Å²) in [5.41, 5.74) is 3.30. The van der Waals surface area contributed by atoms with Gasteiger partial charge in [0.2, 0.25) is 0 Å². The van der Waals surface area contributed by atoms with Crippen molar-refractivity contribution in [3.8, 4) is 5.75 Å². The van der Waals surface area contributed by atoms with Gasteiger partial charge in [-0.25, -0.2) is 4.99 Å². The Kier molecular flexibility index (Phi) is 3.25.